The summed E-state index contributed by atoms with van der Waals surface area (Å²) in [4.78, 5) is 17.6. The molecule has 2 aromatic rings. The van der Waals surface area contributed by atoms with Gasteiger partial charge in [0, 0.05) is 18.3 Å². The molecule has 5 nitrogen and oxygen atoms in total. The number of H-pyrrole nitrogens is 1. The van der Waals surface area contributed by atoms with Crippen LogP contribution >= 0.6 is 0 Å². The molecule has 0 unspecified atom stereocenters. The second kappa shape index (κ2) is 3.61. The van der Waals surface area contributed by atoms with Crippen molar-refractivity contribution < 1.29 is 9.90 Å². The molecule has 0 aliphatic carbocycles. The maximum Gasteiger partial charge on any atom is 0.353 e. The molecule has 2 N–H and O–H groups in total. The second-order valence-corrected chi connectivity index (χ2v) is 3.14. The van der Waals surface area contributed by atoms with Gasteiger partial charge in [0.25, 0.3) is 0 Å². The van der Waals surface area contributed by atoms with Crippen LogP contribution in [0.15, 0.2) is 24.8 Å². The summed E-state index contributed by atoms with van der Waals surface area (Å²) in [7, 11) is 0. The Bertz CT molecular complexity index is 484. The molecule has 0 saturated carbocycles. The van der Waals surface area contributed by atoms with Crippen molar-refractivity contribution >= 4 is 5.97 Å². The van der Waals surface area contributed by atoms with Crippen LogP contribution in [-0.2, 0) is 6.54 Å². The van der Waals surface area contributed by atoms with Crippen molar-refractivity contribution in [3.05, 3.63) is 30.5 Å². The molecule has 0 aliphatic heterocycles. The van der Waals surface area contributed by atoms with Crippen LogP contribution in [0.25, 0.3) is 11.3 Å². The summed E-state index contributed by atoms with van der Waals surface area (Å²) in [5, 5.41) is 8.96. The van der Waals surface area contributed by atoms with Gasteiger partial charge < -0.3 is 14.7 Å². The topological polar surface area (TPSA) is 70.9 Å². The molecule has 0 bridgehead atoms. The van der Waals surface area contributed by atoms with Crippen molar-refractivity contribution in [1.82, 2.24) is 14.5 Å². The Kier molecular flexibility index (Phi) is 2.29. The first kappa shape index (κ1) is 9.51. The first-order chi connectivity index (χ1) is 7.24. The smallest absolute Gasteiger partial charge is 0.353 e. The van der Waals surface area contributed by atoms with Crippen LogP contribution in [0.3, 0.4) is 0 Å². The van der Waals surface area contributed by atoms with Crippen LogP contribution in [0.1, 0.15) is 17.4 Å². The molecule has 2 aromatic heterocycles. The number of aryl methyl sites for hydroxylation is 1. The van der Waals surface area contributed by atoms with Gasteiger partial charge in [-0.2, -0.15) is 0 Å². The first-order valence-corrected chi connectivity index (χ1v) is 4.65. The van der Waals surface area contributed by atoms with Crippen molar-refractivity contribution in [2.24, 2.45) is 0 Å². The molecule has 0 aromatic carbocycles. The van der Waals surface area contributed by atoms with Crippen LogP contribution in [0.2, 0.25) is 0 Å². The Morgan fingerprint density at radius 2 is 2.47 bits per heavy atom. The van der Waals surface area contributed by atoms with E-state index in [1.54, 1.807) is 24.8 Å². The standard InChI is InChI=1S/C10H11N3O2/c1-2-13-6-11-5-8(13)7-3-4-12-9(7)10(14)15/h3-6,12H,2H2,1H3,(H,14,15). The summed E-state index contributed by atoms with van der Waals surface area (Å²) in [5.74, 6) is -0.959. The molecule has 15 heavy (non-hydrogen) atoms. The molecular weight excluding hydrogens is 194 g/mol. The Morgan fingerprint density at radius 3 is 3.13 bits per heavy atom. The molecule has 0 radical (unpaired) electrons. The van der Waals surface area contributed by atoms with Crippen LogP contribution in [-0.4, -0.2) is 25.6 Å². The van der Waals surface area contributed by atoms with Crippen molar-refractivity contribution in [2.75, 3.05) is 0 Å². The normalized spacial score (nSPS) is 10.5. The molecule has 78 valence electrons. The van der Waals surface area contributed by atoms with E-state index in [0.29, 0.717) is 5.56 Å². The third-order valence-corrected chi connectivity index (χ3v) is 2.29. The van der Waals surface area contributed by atoms with Gasteiger partial charge in [-0.3, -0.25) is 0 Å². The maximum atomic E-state index is 10.9. The number of imidazole rings is 1. The number of nitrogens with one attached hydrogen (secondary N) is 1. The Hall–Kier alpha value is -2.04. The fourth-order valence-electron chi connectivity index (χ4n) is 1.56. The second-order valence-electron chi connectivity index (χ2n) is 3.14. The highest BCUT2D eigenvalue weighted by molar-refractivity contribution is 5.93. The van der Waals surface area contributed by atoms with E-state index in [2.05, 4.69) is 9.97 Å². The lowest BCUT2D eigenvalue weighted by Crippen LogP contribution is -2.01. The van der Waals surface area contributed by atoms with Crippen molar-refractivity contribution in [1.29, 1.82) is 0 Å². The summed E-state index contributed by atoms with van der Waals surface area (Å²) < 4.78 is 1.90. The average molecular weight is 205 g/mol. The summed E-state index contributed by atoms with van der Waals surface area (Å²) in [6.45, 7) is 2.75. The van der Waals surface area contributed by atoms with E-state index in [9.17, 15) is 4.79 Å². The van der Waals surface area contributed by atoms with E-state index >= 15 is 0 Å². The van der Waals surface area contributed by atoms with Crippen LogP contribution in [0.5, 0.6) is 0 Å². The molecule has 0 amide bonds. The lowest BCUT2D eigenvalue weighted by Gasteiger charge is -2.03. The highest BCUT2D eigenvalue weighted by Crippen LogP contribution is 2.22. The molecule has 0 atom stereocenters. The number of carboxylic acids is 1. The largest absolute Gasteiger partial charge is 0.477 e. The monoisotopic (exact) mass is 205 g/mol. The number of aromatic amines is 1. The van der Waals surface area contributed by atoms with Gasteiger partial charge >= 0.3 is 5.97 Å². The molecule has 5 heteroatoms. The van der Waals surface area contributed by atoms with Gasteiger partial charge in [-0.15, -0.1) is 0 Å². The van der Waals surface area contributed by atoms with E-state index in [1.807, 2.05) is 11.5 Å². The van der Waals surface area contributed by atoms with E-state index < -0.39 is 5.97 Å². The molecule has 0 aliphatic rings. The molecule has 0 spiro atoms. The highest BCUT2D eigenvalue weighted by atomic mass is 16.4. The lowest BCUT2D eigenvalue weighted by molar-refractivity contribution is 0.0692. The lowest BCUT2D eigenvalue weighted by atomic mass is 10.2. The van der Waals surface area contributed by atoms with E-state index in [0.717, 1.165) is 12.2 Å². The summed E-state index contributed by atoms with van der Waals surface area (Å²) in [5.41, 5.74) is 1.68. The Morgan fingerprint density at radius 1 is 1.67 bits per heavy atom. The van der Waals surface area contributed by atoms with Crippen molar-refractivity contribution in [2.45, 2.75) is 13.5 Å². The average Bonchev–Trinajstić information content (AvgIpc) is 2.85. The quantitative estimate of drug-likeness (QED) is 0.799. The molecule has 2 heterocycles. The summed E-state index contributed by atoms with van der Waals surface area (Å²) >= 11 is 0. The summed E-state index contributed by atoms with van der Waals surface area (Å²) in [6, 6.07) is 1.74. The van der Waals surface area contributed by atoms with Crippen LogP contribution in [0, 0.1) is 0 Å². The third-order valence-electron chi connectivity index (χ3n) is 2.29. The van der Waals surface area contributed by atoms with E-state index in [4.69, 9.17) is 5.11 Å². The van der Waals surface area contributed by atoms with Gasteiger partial charge in [-0.05, 0) is 13.0 Å². The fourth-order valence-corrected chi connectivity index (χ4v) is 1.56. The van der Waals surface area contributed by atoms with Gasteiger partial charge in [0.05, 0.1) is 18.2 Å². The third kappa shape index (κ3) is 1.52. The number of rotatable bonds is 3. The minimum Gasteiger partial charge on any atom is -0.477 e. The Balaban J connectivity index is 2.54. The maximum absolute atomic E-state index is 10.9. The van der Waals surface area contributed by atoms with Gasteiger partial charge in [0.15, 0.2) is 0 Å². The molecule has 2 rings (SSSR count). The van der Waals surface area contributed by atoms with Crippen molar-refractivity contribution in [3.63, 3.8) is 0 Å². The van der Waals surface area contributed by atoms with Gasteiger partial charge in [-0.1, -0.05) is 0 Å². The molecule has 0 fully saturated rings. The Labute approximate surface area is 86.4 Å². The number of aromatic nitrogens is 3. The van der Waals surface area contributed by atoms with E-state index in [-0.39, 0.29) is 5.69 Å². The zero-order valence-corrected chi connectivity index (χ0v) is 8.27. The summed E-state index contributed by atoms with van der Waals surface area (Å²) in [6.07, 6.45) is 4.97. The van der Waals surface area contributed by atoms with Gasteiger partial charge in [0.1, 0.15) is 5.69 Å². The number of nitrogens with zero attached hydrogens (tertiary/aromatic N) is 2. The predicted octanol–water partition coefficient (Wildman–Crippen LogP) is 1.60. The number of aromatic carboxylic acids is 1. The number of hydrogen-bond acceptors (Lipinski definition) is 2. The predicted molar refractivity (Wildman–Crippen MR) is 54.6 cm³/mol. The first-order valence-electron chi connectivity index (χ1n) is 4.65. The van der Waals surface area contributed by atoms with E-state index in [1.165, 1.54) is 0 Å². The minimum absolute atomic E-state index is 0.199. The molecule has 0 saturated heterocycles. The SMILES string of the molecule is CCn1cncc1-c1cc[nH]c1C(=O)O. The highest BCUT2D eigenvalue weighted by Gasteiger charge is 2.15. The number of hydrogen-bond donors (Lipinski definition) is 2. The zero-order chi connectivity index (χ0) is 10.8. The van der Waals surface area contributed by atoms with Crippen LogP contribution < -0.4 is 0 Å². The number of carboxylic acid groups (broad SMARTS) is 1. The molecular formula is C10H11N3O2. The van der Waals surface area contributed by atoms with Gasteiger partial charge in [0.2, 0.25) is 0 Å². The van der Waals surface area contributed by atoms with Crippen molar-refractivity contribution in [3.8, 4) is 11.3 Å². The fraction of sp³-hybridized carbons (Fsp3) is 0.200. The van der Waals surface area contributed by atoms with Gasteiger partial charge in [-0.25, -0.2) is 9.78 Å². The minimum atomic E-state index is -0.959. The zero-order valence-electron chi connectivity index (χ0n) is 8.27. The number of carbonyl (C=O) groups is 1. The van der Waals surface area contributed by atoms with Crippen LogP contribution in [0.4, 0.5) is 0 Å².